The molecule has 1 fully saturated rings. The molecular formula is C24H30N4O5S. The molecule has 0 bridgehead atoms. The molecule has 34 heavy (non-hydrogen) atoms. The summed E-state index contributed by atoms with van der Waals surface area (Å²) < 4.78 is 38.3. The summed E-state index contributed by atoms with van der Waals surface area (Å²) in [5, 5.41) is 2.89. The number of methoxy groups -OCH3 is 1. The quantitative estimate of drug-likeness (QED) is 0.480. The van der Waals surface area contributed by atoms with E-state index in [1.54, 1.807) is 12.1 Å². The Bertz CT molecular complexity index is 1270. The molecule has 2 heterocycles. The molecule has 1 amide bonds. The van der Waals surface area contributed by atoms with Gasteiger partial charge in [-0.05, 0) is 42.3 Å². The highest BCUT2D eigenvalue weighted by molar-refractivity contribution is 7.89. The fourth-order valence-corrected chi connectivity index (χ4v) is 5.57. The number of aromatic amines is 1. The van der Waals surface area contributed by atoms with Crippen LogP contribution >= 0.6 is 0 Å². The van der Waals surface area contributed by atoms with Gasteiger partial charge in [0, 0.05) is 25.2 Å². The van der Waals surface area contributed by atoms with Crippen molar-refractivity contribution in [3.63, 3.8) is 0 Å². The van der Waals surface area contributed by atoms with Gasteiger partial charge < -0.3 is 19.8 Å². The number of anilines is 1. The summed E-state index contributed by atoms with van der Waals surface area (Å²) in [6, 6.07) is 10.4. The second-order valence-corrected chi connectivity index (χ2v) is 10.2. The molecule has 10 heteroatoms. The molecule has 1 aromatic heterocycles. The predicted molar refractivity (Wildman–Crippen MR) is 130 cm³/mol. The number of hydrogen-bond donors (Lipinski definition) is 2. The number of benzene rings is 2. The topological polar surface area (TPSA) is 114 Å². The molecule has 9 nitrogen and oxygen atoms in total. The van der Waals surface area contributed by atoms with Crippen LogP contribution < -0.4 is 10.1 Å². The number of aromatic nitrogens is 2. The number of carbonyl (C=O) groups is 1. The van der Waals surface area contributed by atoms with Crippen molar-refractivity contribution >= 4 is 32.7 Å². The van der Waals surface area contributed by atoms with Crippen molar-refractivity contribution in [1.82, 2.24) is 14.3 Å². The average molecular weight is 487 g/mol. The lowest BCUT2D eigenvalue weighted by molar-refractivity contribution is -0.115. The first-order valence-electron chi connectivity index (χ1n) is 11.4. The van der Waals surface area contributed by atoms with Crippen LogP contribution in [0.1, 0.15) is 31.2 Å². The Hall–Kier alpha value is -2.95. The van der Waals surface area contributed by atoms with E-state index >= 15 is 0 Å². The molecule has 0 radical (unpaired) electrons. The van der Waals surface area contributed by atoms with Crippen molar-refractivity contribution in [1.29, 1.82) is 0 Å². The monoisotopic (exact) mass is 486 g/mol. The molecule has 1 aliphatic heterocycles. The van der Waals surface area contributed by atoms with Gasteiger partial charge in [-0.1, -0.05) is 19.4 Å². The average Bonchev–Trinajstić information content (AvgIpc) is 3.25. The Kier molecular flexibility index (Phi) is 7.50. The van der Waals surface area contributed by atoms with E-state index in [0.717, 1.165) is 36.1 Å². The summed E-state index contributed by atoms with van der Waals surface area (Å²) in [6.07, 6.45) is 3.08. The molecule has 0 aliphatic carbocycles. The minimum Gasteiger partial charge on any atom is -0.495 e. The standard InChI is InChI=1S/C24H30N4O5S/c1-3-4-5-23-26-19-8-7-18(16-20(19)27-23)25-24(29)15-17-6-9-21(32-2)22(14-17)34(30,31)28-10-12-33-13-11-28/h6-9,14,16H,3-5,10-13,15H2,1-2H3,(H,25,29)(H,26,27). The number of rotatable bonds is 9. The lowest BCUT2D eigenvalue weighted by Gasteiger charge is -2.26. The zero-order valence-corrected chi connectivity index (χ0v) is 20.3. The molecule has 2 aromatic carbocycles. The van der Waals surface area contributed by atoms with Gasteiger partial charge in [0.05, 0.1) is 37.8 Å². The third-order valence-corrected chi connectivity index (χ3v) is 7.68. The van der Waals surface area contributed by atoms with Gasteiger partial charge in [0.15, 0.2) is 0 Å². The van der Waals surface area contributed by atoms with Gasteiger partial charge in [-0.3, -0.25) is 4.79 Å². The van der Waals surface area contributed by atoms with Crippen LogP contribution in [0.4, 0.5) is 5.69 Å². The van der Waals surface area contributed by atoms with Crippen LogP contribution in [-0.2, 0) is 32.4 Å². The van der Waals surface area contributed by atoms with Crippen molar-refractivity contribution in [3.8, 4) is 5.75 Å². The van der Waals surface area contributed by atoms with E-state index < -0.39 is 10.0 Å². The van der Waals surface area contributed by atoms with Gasteiger partial charge in [-0.25, -0.2) is 13.4 Å². The number of hydrogen-bond acceptors (Lipinski definition) is 6. The van der Waals surface area contributed by atoms with Crippen LogP contribution in [0, 0.1) is 0 Å². The van der Waals surface area contributed by atoms with Crippen molar-refractivity contribution in [2.24, 2.45) is 0 Å². The lowest BCUT2D eigenvalue weighted by Crippen LogP contribution is -2.40. The van der Waals surface area contributed by atoms with Crippen LogP contribution in [0.15, 0.2) is 41.3 Å². The fourth-order valence-electron chi connectivity index (χ4n) is 3.95. The SMILES string of the molecule is CCCCc1nc2ccc(NC(=O)Cc3ccc(OC)c(S(=O)(=O)N4CCOCC4)c3)cc2[nH]1. The molecule has 2 N–H and O–H groups in total. The van der Waals surface area contributed by atoms with Gasteiger partial charge in [0.2, 0.25) is 15.9 Å². The summed E-state index contributed by atoms with van der Waals surface area (Å²) in [5.74, 6) is 0.941. The number of imidazole rings is 1. The second kappa shape index (κ2) is 10.5. The maximum absolute atomic E-state index is 13.2. The Morgan fingerprint density at radius 2 is 2.00 bits per heavy atom. The Morgan fingerprint density at radius 3 is 2.74 bits per heavy atom. The summed E-state index contributed by atoms with van der Waals surface area (Å²) >= 11 is 0. The van der Waals surface area contributed by atoms with Gasteiger partial charge in [-0.2, -0.15) is 4.31 Å². The normalized spacial score (nSPS) is 14.9. The molecule has 182 valence electrons. The number of ether oxygens (including phenoxy) is 2. The zero-order valence-electron chi connectivity index (χ0n) is 19.5. The van der Waals surface area contributed by atoms with Gasteiger partial charge >= 0.3 is 0 Å². The highest BCUT2D eigenvalue weighted by Crippen LogP contribution is 2.29. The molecule has 0 saturated carbocycles. The number of morpholine rings is 1. The Morgan fingerprint density at radius 1 is 1.21 bits per heavy atom. The summed E-state index contributed by atoms with van der Waals surface area (Å²) in [6.45, 7) is 3.41. The number of nitrogens with zero attached hydrogens (tertiary/aromatic N) is 2. The van der Waals surface area contributed by atoms with E-state index in [4.69, 9.17) is 9.47 Å². The highest BCUT2D eigenvalue weighted by atomic mass is 32.2. The van der Waals surface area contributed by atoms with Crippen LogP contribution in [0.5, 0.6) is 5.75 Å². The van der Waals surface area contributed by atoms with E-state index in [0.29, 0.717) is 24.5 Å². The third kappa shape index (κ3) is 5.40. The molecule has 3 aromatic rings. The zero-order chi connectivity index (χ0) is 24.1. The second-order valence-electron chi connectivity index (χ2n) is 8.25. The molecule has 1 saturated heterocycles. The fraction of sp³-hybridized carbons (Fsp3) is 0.417. The van der Waals surface area contributed by atoms with E-state index in [1.807, 2.05) is 18.2 Å². The molecule has 0 atom stereocenters. The smallest absolute Gasteiger partial charge is 0.246 e. The molecule has 4 rings (SSSR count). The van der Waals surface area contributed by atoms with Crippen LogP contribution in [-0.4, -0.2) is 62.0 Å². The van der Waals surface area contributed by atoms with Crippen molar-refractivity contribution in [2.45, 2.75) is 37.5 Å². The first kappa shape index (κ1) is 24.2. The molecule has 0 spiro atoms. The van der Waals surface area contributed by atoms with Crippen LogP contribution in [0.2, 0.25) is 0 Å². The first-order chi connectivity index (χ1) is 16.4. The Balaban J connectivity index is 1.49. The minimum absolute atomic E-state index is 0.0262. The van der Waals surface area contributed by atoms with E-state index in [-0.39, 0.29) is 36.1 Å². The summed E-state index contributed by atoms with van der Waals surface area (Å²) in [4.78, 5) is 20.7. The number of nitrogens with one attached hydrogen (secondary N) is 2. The van der Waals surface area contributed by atoms with Crippen molar-refractivity contribution in [2.75, 3.05) is 38.7 Å². The maximum atomic E-state index is 13.2. The highest BCUT2D eigenvalue weighted by Gasteiger charge is 2.29. The predicted octanol–water partition coefficient (Wildman–Crippen LogP) is 3.12. The third-order valence-electron chi connectivity index (χ3n) is 5.76. The summed E-state index contributed by atoms with van der Waals surface area (Å²) in [7, 11) is -2.34. The number of amides is 1. The van der Waals surface area contributed by atoms with E-state index in [2.05, 4.69) is 22.2 Å². The number of H-pyrrole nitrogens is 1. The Labute approximate surface area is 199 Å². The van der Waals surface area contributed by atoms with E-state index in [1.165, 1.54) is 17.5 Å². The molecule has 1 aliphatic rings. The van der Waals surface area contributed by atoms with Crippen LogP contribution in [0.25, 0.3) is 11.0 Å². The number of fused-ring (bicyclic) bond motifs is 1. The lowest BCUT2D eigenvalue weighted by atomic mass is 10.1. The number of unbranched alkanes of at least 4 members (excludes halogenated alkanes) is 1. The van der Waals surface area contributed by atoms with Gasteiger partial charge in [0.1, 0.15) is 16.5 Å². The van der Waals surface area contributed by atoms with Gasteiger partial charge in [0.25, 0.3) is 0 Å². The van der Waals surface area contributed by atoms with Gasteiger partial charge in [-0.15, -0.1) is 0 Å². The first-order valence-corrected chi connectivity index (χ1v) is 12.9. The van der Waals surface area contributed by atoms with Crippen molar-refractivity contribution < 1.29 is 22.7 Å². The number of sulfonamides is 1. The molecule has 0 unspecified atom stereocenters. The van der Waals surface area contributed by atoms with Crippen molar-refractivity contribution in [3.05, 3.63) is 47.8 Å². The maximum Gasteiger partial charge on any atom is 0.246 e. The summed E-state index contributed by atoms with van der Waals surface area (Å²) in [5.41, 5.74) is 2.96. The largest absolute Gasteiger partial charge is 0.495 e. The minimum atomic E-state index is -3.77. The molecular weight excluding hydrogens is 456 g/mol. The van der Waals surface area contributed by atoms with Crippen LogP contribution in [0.3, 0.4) is 0 Å². The number of aryl methyl sites for hydroxylation is 1. The number of carbonyl (C=O) groups excluding carboxylic acids is 1. The van der Waals surface area contributed by atoms with E-state index in [9.17, 15) is 13.2 Å².